The molecular formula is C29H39N3O5. The number of ether oxygens (including phenoxy) is 2. The van der Waals surface area contributed by atoms with Gasteiger partial charge < -0.3 is 29.9 Å². The first kappa shape index (κ1) is 28.6. The van der Waals surface area contributed by atoms with Gasteiger partial charge in [-0.25, -0.2) is 0 Å². The summed E-state index contributed by atoms with van der Waals surface area (Å²) in [6.07, 6.45) is 0.296. The maximum absolute atomic E-state index is 12.8. The fraction of sp³-hybridized carbons (Fsp3) is 0.517. The number of hydrogen-bond acceptors (Lipinski definition) is 7. The van der Waals surface area contributed by atoms with Crippen LogP contribution >= 0.6 is 0 Å². The first-order valence-electron chi connectivity index (χ1n) is 13.1. The molecule has 1 amide bonds. The van der Waals surface area contributed by atoms with Gasteiger partial charge in [0.15, 0.2) is 6.29 Å². The number of piperidine rings is 1. The van der Waals surface area contributed by atoms with Crippen molar-refractivity contribution < 1.29 is 24.5 Å². The van der Waals surface area contributed by atoms with Crippen LogP contribution < -0.4 is 10.2 Å². The molecule has 0 aliphatic carbocycles. The number of carbonyl (C=O) groups is 1. The van der Waals surface area contributed by atoms with Gasteiger partial charge in [-0.3, -0.25) is 4.79 Å². The molecule has 200 valence electrons. The molecule has 37 heavy (non-hydrogen) atoms. The fourth-order valence-electron chi connectivity index (χ4n) is 4.81. The quantitative estimate of drug-likeness (QED) is 0.401. The predicted molar refractivity (Wildman–Crippen MR) is 145 cm³/mol. The van der Waals surface area contributed by atoms with Crippen LogP contribution in [0, 0.1) is 11.3 Å². The first-order chi connectivity index (χ1) is 17.9. The molecule has 2 fully saturated rings. The van der Waals surface area contributed by atoms with E-state index in [1.54, 1.807) is 6.92 Å². The molecule has 3 N–H and O–H groups in total. The van der Waals surface area contributed by atoms with Crippen LogP contribution in [0.3, 0.4) is 0 Å². The normalized spacial score (nSPS) is 24.4. The van der Waals surface area contributed by atoms with E-state index >= 15 is 0 Å². The van der Waals surface area contributed by atoms with E-state index in [0.717, 1.165) is 29.4 Å². The van der Waals surface area contributed by atoms with Crippen molar-refractivity contribution in [2.45, 2.75) is 71.1 Å². The topological polar surface area (TPSA) is 115 Å². The number of fused-ring (bicyclic) bond motifs is 1. The second-order valence-corrected chi connectivity index (χ2v) is 9.26. The maximum atomic E-state index is 12.8. The summed E-state index contributed by atoms with van der Waals surface area (Å²) in [6, 6.07) is 14.4. The Hall–Kier alpha value is -2.96. The number of nitrogens with one attached hydrogen (secondary N) is 1. The SMILES string of the molecule is CC.COC1OC(CNC(=O)/C(C#N)=C(\C)c2ccc3cc(N4CCCCC4)ccc3c2)C(O)CC1O. The molecule has 0 aromatic heterocycles. The third-order valence-corrected chi connectivity index (χ3v) is 6.92. The second-order valence-electron chi connectivity index (χ2n) is 9.26. The summed E-state index contributed by atoms with van der Waals surface area (Å²) in [5.74, 6) is -0.540. The van der Waals surface area contributed by atoms with E-state index in [2.05, 4.69) is 28.4 Å². The lowest BCUT2D eigenvalue weighted by Gasteiger charge is -2.36. The number of amides is 1. The third-order valence-electron chi connectivity index (χ3n) is 6.92. The number of nitriles is 1. The number of rotatable bonds is 6. The molecule has 0 saturated carbocycles. The molecular weight excluding hydrogens is 470 g/mol. The molecule has 0 spiro atoms. The average molecular weight is 510 g/mol. The smallest absolute Gasteiger partial charge is 0.262 e. The van der Waals surface area contributed by atoms with Crippen LogP contribution in [0.4, 0.5) is 5.69 Å². The molecule has 2 aromatic rings. The minimum atomic E-state index is -0.956. The van der Waals surface area contributed by atoms with Crippen molar-refractivity contribution in [2.24, 2.45) is 0 Å². The molecule has 2 aromatic carbocycles. The van der Waals surface area contributed by atoms with Gasteiger partial charge in [-0.15, -0.1) is 0 Å². The number of benzene rings is 2. The van der Waals surface area contributed by atoms with Crippen molar-refractivity contribution in [1.29, 1.82) is 5.26 Å². The van der Waals surface area contributed by atoms with Gasteiger partial charge in [0.05, 0.1) is 6.10 Å². The highest BCUT2D eigenvalue weighted by Gasteiger charge is 2.36. The number of aliphatic hydroxyl groups is 2. The van der Waals surface area contributed by atoms with Gasteiger partial charge in [-0.05, 0) is 66.3 Å². The standard InChI is InChI=1S/C27H33N3O5.C2H6/c1-17(22(15-28)26(33)29-16-25-23(31)14-24(32)27(34-2)35-25)18-6-7-20-13-21(9-8-19(20)12-18)30-10-4-3-5-11-30;1-2/h6-9,12-13,23-25,27,31-32H,3-5,10-11,14,16H2,1-2H3,(H,29,33);1-2H3/b22-17+;. The summed E-state index contributed by atoms with van der Waals surface area (Å²) in [6.45, 7) is 7.91. The monoisotopic (exact) mass is 509 g/mol. The van der Waals surface area contributed by atoms with Crippen LogP contribution in [0.5, 0.6) is 0 Å². The second kappa shape index (κ2) is 13.5. The Morgan fingerprint density at radius 2 is 1.78 bits per heavy atom. The molecule has 2 heterocycles. The highest BCUT2D eigenvalue weighted by Crippen LogP contribution is 2.28. The van der Waals surface area contributed by atoms with Crippen LogP contribution in [0.2, 0.25) is 0 Å². The van der Waals surface area contributed by atoms with Crippen LogP contribution in [0.25, 0.3) is 16.3 Å². The number of anilines is 1. The minimum absolute atomic E-state index is 0.00270. The van der Waals surface area contributed by atoms with Gasteiger partial charge in [-0.1, -0.05) is 32.0 Å². The Morgan fingerprint density at radius 3 is 2.46 bits per heavy atom. The van der Waals surface area contributed by atoms with E-state index in [-0.39, 0.29) is 18.5 Å². The van der Waals surface area contributed by atoms with Crippen molar-refractivity contribution in [1.82, 2.24) is 5.32 Å². The lowest BCUT2D eigenvalue weighted by Crippen LogP contribution is -2.52. The number of aliphatic hydroxyl groups excluding tert-OH is 2. The van der Waals surface area contributed by atoms with Gasteiger partial charge in [0.1, 0.15) is 23.9 Å². The van der Waals surface area contributed by atoms with Gasteiger partial charge in [-0.2, -0.15) is 5.26 Å². The Bertz CT molecular complexity index is 1140. The van der Waals surface area contributed by atoms with Crippen molar-refractivity contribution in [2.75, 3.05) is 31.6 Å². The van der Waals surface area contributed by atoms with E-state index in [1.807, 2.05) is 38.1 Å². The average Bonchev–Trinajstić information content (AvgIpc) is 2.94. The number of nitrogens with zero attached hydrogens (tertiary/aromatic N) is 2. The van der Waals surface area contributed by atoms with Gasteiger partial charge in [0.25, 0.3) is 5.91 Å². The summed E-state index contributed by atoms with van der Waals surface area (Å²) in [5, 5.41) is 34.6. The van der Waals surface area contributed by atoms with Crippen molar-refractivity contribution in [3.8, 4) is 6.07 Å². The summed E-state index contributed by atoms with van der Waals surface area (Å²) < 4.78 is 10.6. The van der Waals surface area contributed by atoms with E-state index in [4.69, 9.17) is 9.47 Å². The van der Waals surface area contributed by atoms with Crippen LogP contribution in [0.15, 0.2) is 42.0 Å². The number of carbonyl (C=O) groups excluding carboxylic acids is 1. The van der Waals surface area contributed by atoms with Gasteiger partial charge in [0, 0.05) is 38.9 Å². The Kier molecular flexibility index (Phi) is 10.5. The van der Waals surface area contributed by atoms with Crippen LogP contribution in [-0.4, -0.2) is 67.5 Å². The Morgan fingerprint density at radius 1 is 1.11 bits per heavy atom. The first-order valence-corrected chi connectivity index (χ1v) is 13.1. The van der Waals surface area contributed by atoms with E-state index < -0.39 is 30.5 Å². The summed E-state index contributed by atoms with van der Waals surface area (Å²) in [7, 11) is 1.40. The van der Waals surface area contributed by atoms with Crippen molar-refractivity contribution in [3.63, 3.8) is 0 Å². The summed E-state index contributed by atoms with van der Waals surface area (Å²) in [5.41, 5.74) is 2.60. The number of hydrogen-bond donors (Lipinski definition) is 3. The van der Waals surface area contributed by atoms with Crippen molar-refractivity contribution >= 4 is 27.9 Å². The minimum Gasteiger partial charge on any atom is -0.390 e. The molecule has 4 unspecified atom stereocenters. The summed E-state index contributed by atoms with van der Waals surface area (Å²) in [4.78, 5) is 15.2. The van der Waals surface area contributed by atoms with Crippen molar-refractivity contribution in [3.05, 3.63) is 47.5 Å². The zero-order valence-corrected chi connectivity index (χ0v) is 22.2. The Labute approximate surface area is 219 Å². The molecule has 8 heteroatoms. The largest absolute Gasteiger partial charge is 0.390 e. The molecule has 2 aliphatic heterocycles. The lowest BCUT2D eigenvalue weighted by atomic mass is 9.97. The highest BCUT2D eigenvalue weighted by molar-refractivity contribution is 6.05. The molecule has 8 nitrogen and oxygen atoms in total. The van der Waals surface area contributed by atoms with E-state index in [9.17, 15) is 20.3 Å². The zero-order valence-electron chi connectivity index (χ0n) is 22.2. The zero-order chi connectivity index (χ0) is 26.9. The van der Waals surface area contributed by atoms with Crippen LogP contribution in [-0.2, 0) is 14.3 Å². The molecule has 0 radical (unpaired) electrons. The fourth-order valence-corrected chi connectivity index (χ4v) is 4.81. The molecule has 2 aliphatic rings. The lowest BCUT2D eigenvalue weighted by molar-refractivity contribution is -0.254. The Balaban J connectivity index is 0.00000186. The highest BCUT2D eigenvalue weighted by atomic mass is 16.7. The maximum Gasteiger partial charge on any atom is 0.262 e. The summed E-state index contributed by atoms with van der Waals surface area (Å²) >= 11 is 0. The molecule has 4 atom stereocenters. The van der Waals surface area contributed by atoms with Crippen LogP contribution in [0.1, 0.15) is 52.0 Å². The number of methoxy groups -OCH3 is 1. The molecule has 2 saturated heterocycles. The number of allylic oxidation sites excluding steroid dienone is 1. The predicted octanol–water partition coefficient (Wildman–Crippen LogP) is 3.75. The van der Waals surface area contributed by atoms with E-state index in [1.165, 1.54) is 32.1 Å². The van der Waals surface area contributed by atoms with Gasteiger partial charge >= 0.3 is 0 Å². The van der Waals surface area contributed by atoms with E-state index in [0.29, 0.717) is 5.57 Å². The van der Waals surface area contributed by atoms with Gasteiger partial charge in [0.2, 0.25) is 0 Å². The molecule has 4 rings (SSSR count). The molecule has 0 bridgehead atoms. The third kappa shape index (κ3) is 6.88.